The monoisotopic (exact) mass is 289 g/mol. The lowest BCUT2D eigenvalue weighted by molar-refractivity contribution is 0.0979. The van der Waals surface area contributed by atoms with Crippen molar-refractivity contribution in [2.45, 2.75) is 5.92 Å². The SMILES string of the molecule is N#CC(C(=O)c1ccccc1)c1c(Cl)cccc1Cl. The van der Waals surface area contributed by atoms with Crippen molar-refractivity contribution in [3.8, 4) is 6.07 Å². The minimum atomic E-state index is -0.997. The molecule has 1 unspecified atom stereocenters. The molecule has 2 nitrogen and oxygen atoms in total. The highest BCUT2D eigenvalue weighted by atomic mass is 35.5. The van der Waals surface area contributed by atoms with E-state index in [1.54, 1.807) is 48.5 Å². The zero-order chi connectivity index (χ0) is 13.8. The summed E-state index contributed by atoms with van der Waals surface area (Å²) < 4.78 is 0. The quantitative estimate of drug-likeness (QED) is 0.782. The first kappa shape index (κ1) is 13.6. The number of rotatable bonds is 3. The molecule has 94 valence electrons. The number of carbonyl (C=O) groups excluding carboxylic acids is 1. The fourth-order valence-corrected chi connectivity index (χ4v) is 2.43. The van der Waals surface area contributed by atoms with Gasteiger partial charge in [0, 0.05) is 21.2 Å². The van der Waals surface area contributed by atoms with Gasteiger partial charge in [-0.25, -0.2) is 0 Å². The van der Waals surface area contributed by atoms with Crippen LogP contribution in [-0.4, -0.2) is 5.78 Å². The van der Waals surface area contributed by atoms with Gasteiger partial charge in [-0.1, -0.05) is 59.6 Å². The van der Waals surface area contributed by atoms with Gasteiger partial charge in [0.15, 0.2) is 5.78 Å². The highest BCUT2D eigenvalue weighted by molar-refractivity contribution is 6.36. The van der Waals surface area contributed by atoms with Crippen LogP contribution in [0, 0.1) is 11.3 Å². The Labute approximate surface area is 121 Å². The molecule has 0 aliphatic rings. The molecule has 19 heavy (non-hydrogen) atoms. The largest absolute Gasteiger partial charge is 0.292 e. The summed E-state index contributed by atoms with van der Waals surface area (Å²) in [5.41, 5.74) is 0.826. The van der Waals surface area contributed by atoms with Crippen LogP contribution in [0.3, 0.4) is 0 Å². The second kappa shape index (κ2) is 5.88. The molecule has 2 rings (SSSR count). The summed E-state index contributed by atoms with van der Waals surface area (Å²) >= 11 is 12.1. The summed E-state index contributed by atoms with van der Waals surface area (Å²) in [6.45, 7) is 0. The number of hydrogen-bond acceptors (Lipinski definition) is 2. The van der Waals surface area contributed by atoms with Crippen molar-refractivity contribution in [1.29, 1.82) is 5.26 Å². The normalized spacial score (nSPS) is 11.6. The highest BCUT2D eigenvalue weighted by Gasteiger charge is 2.25. The van der Waals surface area contributed by atoms with Gasteiger partial charge in [-0.3, -0.25) is 4.79 Å². The van der Waals surface area contributed by atoms with Crippen molar-refractivity contribution in [1.82, 2.24) is 0 Å². The number of Topliss-reactive ketones (excluding diaryl/α,β-unsaturated/α-hetero) is 1. The van der Waals surface area contributed by atoms with Gasteiger partial charge in [0.05, 0.1) is 6.07 Å². The first-order chi connectivity index (χ1) is 9.15. The Morgan fingerprint density at radius 2 is 1.58 bits per heavy atom. The lowest BCUT2D eigenvalue weighted by Gasteiger charge is -2.12. The third-order valence-corrected chi connectivity index (χ3v) is 3.40. The fourth-order valence-electron chi connectivity index (χ4n) is 1.81. The molecule has 0 amide bonds. The molecule has 4 heteroatoms. The number of halogens is 2. The second-order valence-corrected chi connectivity index (χ2v) is 4.74. The van der Waals surface area contributed by atoms with Gasteiger partial charge in [-0.05, 0) is 12.1 Å². The average molecular weight is 290 g/mol. The summed E-state index contributed by atoms with van der Waals surface area (Å²) in [6.07, 6.45) is 0. The molecular weight excluding hydrogens is 281 g/mol. The van der Waals surface area contributed by atoms with Gasteiger partial charge in [0.2, 0.25) is 0 Å². The zero-order valence-electron chi connectivity index (χ0n) is 9.81. The van der Waals surface area contributed by atoms with E-state index >= 15 is 0 Å². The number of ketones is 1. The summed E-state index contributed by atoms with van der Waals surface area (Å²) in [6, 6.07) is 15.5. The number of hydrogen-bond donors (Lipinski definition) is 0. The van der Waals surface area contributed by atoms with E-state index in [4.69, 9.17) is 23.2 Å². The number of nitrogens with zero attached hydrogens (tertiary/aromatic N) is 1. The van der Waals surface area contributed by atoms with E-state index < -0.39 is 5.92 Å². The van der Waals surface area contributed by atoms with Crippen molar-refractivity contribution < 1.29 is 4.79 Å². The van der Waals surface area contributed by atoms with Gasteiger partial charge in [-0.2, -0.15) is 5.26 Å². The molecule has 0 N–H and O–H groups in total. The Morgan fingerprint density at radius 3 is 2.11 bits per heavy atom. The zero-order valence-corrected chi connectivity index (χ0v) is 11.3. The van der Waals surface area contributed by atoms with Crippen molar-refractivity contribution in [2.75, 3.05) is 0 Å². The molecule has 0 aromatic heterocycles. The molecule has 0 spiro atoms. The summed E-state index contributed by atoms with van der Waals surface area (Å²) in [4.78, 5) is 12.3. The Kier molecular flexibility index (Phi) is 4.21. The molecule has 0 aliphatic carbocycles. The smallest absolute Gasteiger partial charge is 0.184 e. The van der Waals surface area contributed by atoms with Crippen LogP contribution in [0.5, 0.6) is 0 Å². The lowest BCUT2D eigenvalue weighted by atomic mass is 9.92. The molecule has 0 saturated heterocycles. The van der Waals surface area contributed by atoms with Crippen LogP contribution in [0.2, 0.25) is 10.0 Å². The highest BCUT2D eigenvalue weighted by Crippen LogP contribution is 2.33. The first-order valence-electron chi connectivity index (χ1n) is 5.58. The summed E-state index contributed by atoms with van der Waals surface area (Å²) in [5.74, 6) is -1.30. The third-order valence-electron chi connectivity index (χ3n) is 2.74. The van der Waals surface area contributed by atoms with E-state index in [-0.39, 0.29) is 5.78 Å². The Bertz CT molecular complexity index is 627. The predicted molar refractivity (Wildman–Crippen MR) is 75.6 cm³/mol. The number of benzene rings is 2. The minimum Gasteiger partial charge on any atom is -0.292 e. The van der Waals surface area contributed by atoms with Gasteiger partial charge < -0.3 is 0 Å². The van der Waals surface area contributed by atoms with Crippen LogP contribution in [0.15, 0.2) is 48.5 Å². The lowest BCUT2D eigenvalue weighted by Crippen LogP contribution is -2.12. The molecule has 1 atom stereocenters. The third kappa shape index (κ3) is 2.78. The van der Waals surface area contributed by atoms with E-state index in [0.29, 0.717) is 21.2 Å². The molecule has 0 bridgehead atoms. The van der Waals surface area contributed by atoms with Gasteiger partial charge in [-0.15, -0.1) is 0 Å². The van der Waals surface area contributed by atoms with E-state index in [1.807, 2.05) is 6.07 Å². The van der Waals surface area contributed by atoms with Gasteiger partial charge >= 0.3 is 0 Å². The Balaban J connectivity index is 2.47. The standard InChI is InChI=1S/C15H9Cl2NO/c16-12-7-4-8-13(17)14(12)11(9-18)15(19)10-5-2-1-3-6-10/h1-8,11H. The molecule has 0 radical (unpaired) electrons. The molecule has 0 fully saturated rings. The topological polar surface area (TPSA) is 40.9 Å². The molecule has 0 aliphatic heterocycles. The number of carbonyl (C=O) groups is 1. The van der Waals surface area contributed by atoms with Crippen LogP contribution in [0.4, 0.5) is 0 Å². The average Bonchev–Trinajstić information content (AvgIpc) is 2.43. The molecule has 0 saturated carbocycles. The van der Waals surface area contributed by atoms with Crippen LogP contribution in [0.1, 0.15) is 21.8 Å². The summed E-state index contributed by atoms with van der Waals surface area (Å²) in [5, 5.41) is 9.92. The Hall–Kier alpha value is -1.82. The van der Waals surface area contributed by atoms with Crippen LogP contribution >= 0.6 is 23.2 Å². The van der Waals surface area contributed by atoms with E-state index in [0.717, 1.165) is 0 Å². The molecular formula is C15H9Cl2NO. The predicted octanol–water partition coefficient (Wildman–Crippen LogP) is 4.48. The van der Waals surface area contributed by atoms with Crippen LogP contribution in [0.25, 0.3) is 0 Å². The number of nitriles is 1. The molecule has 2 aromatic carbocycles. The molecule has 2 aromatic rings. The minimum absolute atomic E-state index is 0.307. The molecule has 0 heterocycles. The van der Waals surface area contributed by atoms with Crippen molar-refractivity contribution in [2.24, 2.45) is 0 Å². The Morgan fingerprint density at radius 1 is 1.00 bits per heavy atom. The summed E-state index contributed by atoms with van der Waals surface area (Å²) in [7, 11) is 0. The van der Waals surface area contributed by atoms with Gasteiger partial charge in [0.1, 0.15) is 5.92 Å². The van der Waals surface area contributed by atoms with Gasteiger partial charge in [0.25, 0.3) is 0 Å². The second-order valence-electron chi connectivity index (χ2n) is 3.93. The van der Waals surface area contributed by atoms with E-state index in [2.05, 4.69) is 0 Å². The van der Waals surface area contributed by atoms with Crippen molar-refractivity contribution >= 4 is 29.0 Å². The first-order valence-corrected chi connectivity index (χ1v) is 6.33. The van der Waals surface area contributed by atoms with E-state index in [1.165, 1.54) is 0 Å². The van der Waals surface area contributed by atoms with Crippen LogP contribution in [-0.2, 0) is 0 Å². The maximum absolute atomic E-state index is 12.3. The maximum atomic E-state index is 12.3. The van der Waals surface area contributed by atoms with Crippen LogP contribution < -0.4 is 0 Å². The van der Waals surface area contributed by atoms with Crippen molar-refractivity contribution in [3.63, 3.8) is 0 Å². The maximum Gasteiger partial charge on any atom is 0.184 e. The fraction of sp³-hybridized carbons (Fsp3) is 0.0667. The van der Waals surface area contributed by atoms with E-state index in [9.17, 15) is 10.1 Å². The van der Waals surface area contributed by atoms with Crippen molar-refractivity contribution in [3.05, 3.63) is 69.7 Å².